The largest absolute Gasteiger partial charge is 0.416 e. The lowest BCUT2D eigenvalue weighted by Crippen LogP contribution is -2.29. The number of benzene rings is 1. The molecule has 1 unspecified atom stereocenters. The number of rotatable bonds is 2. The molecule has 6 heteroatoms. The molecule has 0 bridgehead atoms. The molecule has 1 aromatic rings. The summed E-state index contributed by atoms with van der Waals surface area (Å²) in [5, 5.41) is 2.74. The van der Waals surface area contributed by atoms with Gasteiger partial charge in [-0.25, -0.2) is 0 Å². The van der Waals surface area contributed by atoms with Gasteiger partial charge in [0.1, 0.15) is 0 Å². The van der Waals surface area contributed by atoms with Crippen LogP contribution in [0.1, 0.15) is 36.2 Å². The number of amides is 1. The molecule has 0 heterocycles. The maximum Gasteiger partial charge on any atom is 0.416 e. The van der Waals surface area contributed by atoms with Crippen LogP contribution in [-0.2, 0) is 6.18 Å². The van der Waals surface area contributed by atoms with Gasteiger partial charge in [-0.1, -0.05) is 13.8 Å². The average molecular weight is 336 g/mol. The number of halogens is 4. The third kappa shape index (κ3) is 3.11. The molecule has 0 radical (unpaired) electrons. The highest BCUT2D eigenvalue weighted by Crippen LogP contribution is 2.44. The van der Waals surface area contributed by atoms with E-state index in [4.69, 9.17) is 0 Å². The van der Waals surface area contributed by atoms with E-state index in [1.54, 1.807) is 0 Å². The Bertz CT molecular complexity index is 525. The monoisotopic (exact) mass is 335 g/mol. The number of hydrogen-bond acceptors (Lipinski definition) is 1. The zero-order valence-corrected chi connectivity index (χ0v) is 12.0. The number of hydrogen-bond donors (Lipinski definition) is 1. The van der Waals surface area contributed by atoms with E-state index in [1.807, 2.05) is 13.8 Å². The normalized spacial score (nSPS) is 21.1. The molecular formula is C13H13BrF3NO. The maximum absolute atomic E-state index is 12.6. The first kappa shape index (κ1) is 14.4. The lowest BCUT2D eigenvalue weighted by molar-refractivity contribution is -0.137. The van der Waals surface area contributed by atoms with Crippen molar-refractivity contribution in [1.29, 1.82) is 0 Å². The van der Waals surface area contributed by atoms with Gasteiger partial charge >= 0.3 is 6.18 Å². The van der Waals surface area contributed by atoms with E-state index in [0.29, 0.717) is 4.47 Å². The minimum Gasteiger partial charge on any atom is -0.349 e. The third-order valence-corrected chi connectivity index (χ3v) is 4.05. The summed E-state index contributed by atoms with van der Waals surface area (Å²) < 4.78 is 38.2. The van der Waals surface area contributed by atoms with Crippen LogP contribution in [0.5, 0.6) is 0 Å². The van der Waals surface area contributed by atoms with Crippen LogP contribution in [0.25, 0.3) is 0 Å². The van der Waals surface area contributed by atoms with Crippen molar-refractivity contribution < 1.29 is 18.0 Å². The SMILES string of the molecule is CC1(C)CC1NC(=O)c1cc(C(F)(F)F)ccc1Br. The number of alkyl halides is 3. The summed E-state index contributed by atoms with van der Waals surface area (Å²) in [4.78, 5) is 12.0. The predicted octanol–water partition coefficient (Wildman–Crippen LogP) is 4.00. The molecule has 0 aliphatic heterocycles. The molecule has 2 rings (SSSR count). The van der Waals surface area contributed by atoms with Crippen molar-refractivity contribution in [3.63, 3.8) is 0 Å². The summed E-state index contributed by atoms with van der Waals surface area (Å²) in [5.74, 6) is -0.478. The Labute approximate surface area is 117 Å². The molecule has 1 atom stereocenters. The van der Waals surface area contributed by atoms with Crippen LogP contribution in [-0.4, -0.2) is 11.9 Å². The molecule has 0 aromatic heterocycles. The van der Waals surface area contributed by atoms with E-state index in [0.717, 1.165) is 18.6 Å². The quantitative estimate of drug-likeness (QED) is 0.869. The van der Waals surface area contributed by atoms with Crippen LogP contribution in [0.3, 0.4) is 0 Å². The van der Waals surface area contributed by atoms with Crippen molar-refractivity contribution in [2.45, 2.75) is 32.5 Å². The second-order valence-electron chi connectivity index (χ2n) is 5.41. The zero-order chi connectivity index (χ0) is 14.4. The Hall–Kier alpha value is -1.04. The van der Waals surface area contributed by atoms with Crippen LogP contribution in [0.4, 0.5) is 13.2 Å². The number of carbonyl (C=O) groups excluding carboxylic acids is 1. The Morgan fingerprint density at radius 1 is 1.42 bits per heavy atom. The summed E-state index contributed by atoms with van der Waals surface area (Å²) >= 11 is 3.11. The van der Waals surface area contributed by atoms with E-state index >= 15 is 0 Å². The van der Waals surface area contributed by atoms with E-state index in [1.165, 1.54) is 6.07 Å². The van der Waals surface area contributed by atoms with Crippen LogP contribution in [0.15, 0.2) is 22.7 Å². The Kier molecular flexibility index (Phi) is 3.41. The Morgan fingerprint density at radius 3 is 2.47 bits per heavy atom. The van der Waals surface area contributed by atoms with Gasteiger partial charge in [-0.2, -0.15) is 13.2 Å². The van der Waals surface area contributed by atoms with Gasteiger partial charge in [-0.05, 0) is 46.0 Å². The van der Waals surface area contributed by atoms with Gasteiger partial charge in [-0.3, -0.25) is 4.79 Å². The summed E-state index contributed by atoms with van der Waals surface area (Å²) in [5.41, 5.74) is -0.780. The molecule has 0 spiro atoms. The van der Waals surface area contributed by atoms with Gasteiger partial charge in [-0.15, -0.1) is 0 Å². The van der Waals surface area contributed by atoms with E-state index in [-0.39, 0.29) is 17.0 Å². The first-order chi connectivity index (χ1) is 8.61. The molecule has 2 nitrogen and oxygen atoms in total. The van der Waals surface area contributed by atoms with Crippen molar-refractivity contribution in [2.75, 3.05) is 0 Å². The van der Waals surface area contributed by atoms with Gasteiger partial charge in [0.25, 0.3) is 5.91 Å². The van der Waals surface area contributed by atoms with E-state index in [2.05, 4.69) is 21.2 Å². The van der Waals surface area contributed by atoms with E-state index in [9.17, 15) is 18.0 Å². The molecule has 0 saturated heterocycles. The molecular weight excluding hydrogens is 323 g/mol. The summed E-state index contributed by atoms with van der Waals surface area (Å²) in [6, 6.07) is 3.09. The Balaban J connectivity index is 2.21. The lowest BCUT2D eigenvalue weighted by Gasteiger charge is -2.11. The van der Waals surface area contributed by atoms with Gasteiger partial charge < -0.3 is 5.32 Å². The van der Waals surface area contributed by atoms with Crippen LogP contribution in [0.2, 0.25) is 0 Å². The molecule has 1 N–H and O–H groups in total. The first-order valence-electron chi connectivity index (χ1n) is 5.79. The molecule has 104 valence electrons. The van der Waals surface area contributed by atoms with Gasteiger partial charge in [0.2, 0.25) is 0 Å². The predicted molar refractivity (Wildman–Crippen MR) is 68.8 cm³/mol. The molecule has 1 aliphatic rings. The average Bonchev–Trinajstić information content (AvgIpc) is 2.84. The second kappa shape index (κ2) is 4.51. The topological polar surface area (TPSA) is 29.1 Å². The van der Waals surface area contributed by atoms with Crippen molar-refractivity contribution in [3.05, 3.63) is 33.8 Å². The van der Waals surface area contributed by atoms with Crippen LogP contribution >= 0.6 is 15.9 Å². The molecule has 1 aromatic carbocycles. The number of carbonyl (C=O) groups is 1. The van der Waals surface area contributed by atoms with Crippen LogP contribution in [0, 0.1) is 5.41 Å². The summed E-state index contributed by atoms with van der Waals surface area (Å²) in [6.07, 6.45) is -3.61. The fraction of sp³-hybridized carbons (Fsp3) is 0.462. The standard InChI is InChI=1S/C13H13BrF3NO/c1-12(2)6-10(12)18-11(19)8-5-7(13(15,16)17)3-4-9(8)14/h3-5,10H,6H2,1-2H3,(H,18,19). The Morgan fingerprint density at radius 2 is 2.00 bits per heavy atom. The minimum atomic E-state index is -4.45. The fourth-order valence-corrected chi connectivity index (χ4v) is 2.25. The lowest BCUT2D eigenvalue weighted by atomic mass is 10.1. The van der Waals surface area contributed by atoms with E-state index < -0.39 is 17.6 Å². The third-order valence-electron chi connectivity index (χ3n) is 3.36. The minimum absolute atomic E-state index is 0.0116. The number of nitrogens with one attached hydrogen (secondary N) is 1. The molecule has 1 amide bonds. The van der Waals surface area contributed by atoms with Crippen molar-refractivity contribution in [1.82, 2.24) is 5.32 Å². The second-order valence-corrected chi connectivity index (χ2v) is 6.27. The van der Waals surface area contributed by atoms with Gasteiger partial charge in [0.15, 0.2) is 0 Å². The molecule has 19 heavy (non-hydrogen) atoms. The first-order valence-corrected chi connectivity index (χ1v) is 6.58. The smallest absolute Gasteiger partial charge is 0.349 e. The molecule has 1 aliphatic carbocycles. The summed E-state index contributed by atoms with van der Waals surface area (Å²) in [6.45, 7) is 4.00. The highest BCUT2D eigenvalue weighted by molar-refractivity contribution is 9.10. The summed E-state index contributed by atoms with van der Waals surface area (Å²) in [7, 11) is 0. The highest BCUT2D eigenvalue weighted by atomic mass is 79.9. The van der Waals surface area contributed by atoms with Gasteiger partial charge in [0, 0.05) is 10.5 Å². The highest BCUT2D eigenvalue weighted by Gasteiger charge is 2.46. The van der Waals surface area contributed by atoms with Gasteiger partial charge in [0.05, 0.1) is 11.1 Å². The zero-order valence-electron chi connectivity index (χ0n) is 10.4. The fourth-order valence-electron chi connectivity index (χ4n) is 1.83. The van der Waals surface area contributed by atoms with Crippen LogP contribution < -0.4 is 5.32 Å². The molecule has 1 saturated carbocycles. The molecule has 1 fully saturated rings. The maximum atomic E-state index is 12.6. The van der Waals surface area contributed by atoms with Crippen molar-refractivity contribution >= 4 is 21.8 Å². The van der Waals surface area contributed by atoms with Crippen molar-refractivity contribution in [2.24, 2.45) is 5.41 Å². The van der Waals surface area contributed by atoms with Crippen molar-refractivity contribution in [3.8, 4) is 0 Å².